The zero-order valence-electron chi connectivity index (χ0n) is 14.1. The molecule has 3 aromatic rings. The van der Waals surface area contributed by atoms with E-state index < -0.39 is 0 Å². The van der Waals surface area contributed by atoms with Gasteiger partial charge in [0.25, 0.3) is 5.91 Å². The van der Waals surface area contributed by atoms with Crippen molar-refractivity contribution in [2.24, 2.45) is 0 Å². The number of pyridine rings is 1. The van der Waals surface area contributed by atoms with Gasteiger partial charge in [-0.1, -0.05) is 6.07 Å². The van der Waals surface area contributed by atoms with E-state index in [1.165, 1.54) is 12.5 Å². The van der Waals surface area contributed by atoms with Crippen molar-refractivity contribution in [2.75, 3.05) is 10.6 Å². The monoisotopic (exact) mass is 350 g/mol. The summed E-state index contributed by atoms with van der Waals surface area (Å²) in [6.45, 7) is 1.89. The van der Waals surface area contributed by atoms with Gasteiger partial charge in [-0.15, -0.1) is 0 Å². The Morgan fingerprint density at radius 2 is 1.77 bits per heavy atom. The molecule has 1 atom stereocenters. The van der Waals surface area contributed by atoms with Crippen LogP contribution in [0.3, 0.4) is 0 Å². The van der Waals surface area contributed by atoms with Gasteiger partial charge in [-0.3, -0.25) is 9.78 Å². The summed E-state index contributed by atoms with van der Waals surface area (Å²) in [4.78, 5) is 28.2. The highest BCUT2D eigenvalue weighted by atomic mass is 16.3. The summed E-state index contributed by atoms with van der Waals surface area (Å²) in [5.41, 5.74) is 2.51. The van der Waals surface area contributed by atoms with Gasteiger partial charge in [0, 0.05) is 23.8 Å². The number of urea groups is 1. The van der Waals surface area contributed by atoms with Gasteiger partial charge in [0.05, 0.1) is 17.9 Å². The number of anilines is 2. The number of furan rings is 1. The van der Waals surface area contributed by atoms with Crippen LogP contribution in [0.1, 0.15) is 28.9 Å². The van der Waals surface area contributed by atoms with Crippen molar-refractivity contribution in [2.45, 2.75) is 13.0 Å². The van der Waals surface area contributed by atoms with Gasteiger partial charge < -0.3 is 20.4 Å². The maximum absolute atomic E-state index is 12.2. The standard InChI is InChI=1S/C19H18N4O3/c1-13(14-5-8-20-9-6-14)21-19(25)23-17-4-2-3-16(11-17)22-18(24)15-7-10-26-12-15/h2-13H,1H3,(H,22,24)(H2,21,23,25). The Balaban J connectivity index is 1.59. The molecular formula is C19H18N4O3. The molecule has 0 radical (unpaired) electrons. The number of benzene rings is 1. The number of hydrogen-bond acceptors (Lipinski definition) is 4. The van der Waals surface area contributed by atoms with E-state index in [0.29, 0.717) is 16.9 Å². The van der Waals surface area contributed by atoms with Crippen LogP contribution in [0, 0.1) is 0 Å². The van der Waals surface area contributed by atoms with Crippen molar-refractivity contribution in [3.63, 3.8) is 0 Å². The maximum Gasteiger partial charge on any atom is 0.319 e. The minimum Gasteiger partial charge on any atom is -0.472 e. The molecule has 7 nitrogen and oxygen atoms in total. The first-order chi connectivity index (χ1) is 12.6. The Hall–Kier alpha value is -3.61. The van der Waals surface area contributed by atoms with Crippen molar-refractivity contribution in [3.05, 3.63) is 78.5 Å². The highest BCUT2D eigenvalue weighted by Crippen LogP contribution is 2.17. The second-order valence-electron chi connectivity index (χ2n) is 5.65. The van der Waals surface area contributed by atoms with Crippen LogP contribution in [0.2, 0.25) is 0 Å². The van der Waals surface area contributed by atoms with Crippen molar-refractivity contribution >= 4 is 23.3 Å². The number of aromatic nitrogens is 1. The minimum absolute atomic E-state index is 0.165. The third-order valence-electron chi connectivity index (χ3n) is 3.72. The molecular weight excluding hydrogens is 332 g/mol. The molecule has 0 spiro atoms. The molecule has 0 aliphatic heterocycles. The van der Waals surface area contributed by atoms with Crippen molar-refractivity contribution in [3.8, 4) is 0 Å². The maximum atomic E-state index is 12.2. The van der Waals surface area contributed by atoms with Crippen LogP contribution in [-0.2, 0) is 0 Å². The molecule has 2 heterocycles. The molecule has 0 saturated carbocycles. The third kappa shape index (κ3) is 4.47. The molecule has 0 aliphatic carbocycles. The summed E-state index contributed by atoms with van der Waals surface area (Å²) in [5.74, 6) is -0.285. The molecule has 0 fully saturated rings. The first-order valence-corrected chi connectivity index (χ1v) is 8.03. The molecule has 132 valence electrons. The minimum atomic E-state index is -0.340. The predicted octanol–water partition coefficient (Wildman–Crippen LogP) is 3.81. The summed E-state index contributed by atoms with van der Waals surface area (Å²) in [6.07, 6.45) is 6.15. The summed E-state index contributed by atoms with van der Waals surface area (Å²) in [5, 5.41) is 8.35. The molecule has 7 heteroatoms. The molecule has 2 aromatic heterocycles. The second kappa shape index (κ2) is 7.98. The first kappa shape index (κ1) is 17.2. The zero-order valence-corrected chi connectivity index (χ0v) is 14.1. The van der Waals surface area contributed by atoms with Crippen molar-refractivity contribution in [1.29, 1.82) is 0 Å². The van der Waals surface area contributed by atoms with E-state index >= 15 is 0 Å². The first-order valence-electron chi connectivity index (χ1n) is 8.03. The van der Waals surface area contributed by atoms with Crippen LogP contribution in [0.4, 0.5) is 16.2 Å². The van der Waals surface area contributed by atoms with Gasteiger partial charge in [0.2, 0.25) is 0 Å². The van der Waals surface area contributed by atoms with Gasteiger partial charge in [0.1, 0.15) is 6.26 Å². The van der Waals surface area contributed by atoms with E-state index in [2.05, 4.69) is 20.9 Å². The average molecular weight is 350 g/mol. The lowest BCUT2D eigenvalue weighted by Crippen LogP contribution is -2.31. The second-order valence-corrected chi connectivity index (χ2v) is 5.65. The molecule has 0 bridgehead atoms. The highest BCUT2D eigenvalue weighted by molar-refractivity contribution is 6.04. The largest absolute Gasteiger partial charge is 0.472 e. The molecule has 3 rings (SSSR count). The number of nitrogens with one attached hydrogen (secondary N) is 3. The van der Waals surface area contributed by atoms with Crippen LogP contribution < -0.4 is 16.0 Å². The van der Waals surface area contributed by atoms with E-state index in [9.17, 15) is 9.59 Å². The van der Waals surface area contributed by atoms with Crippen molar-refractivity contribution < 1.29 is 14.0 Å². The Morgan fingerprint density at radius 1 is 1.04 bits per heavy atom. The Kier molecular flexibility index (Phi) is 5.28. The van der Waals surface area contributed by atoms with E-state index in [4.69, 9.17) is 4.42 Å². The van der Waals surface area contributed by atoms with Crippen molar-refractivity contribution in [1.82, 2.24) is 10.3 Å². The summed E-state index contributed by atoms with van der Waals surface area (Å²) in [6, 6.07) is 11.7. The molecule has 0 aliphatic rings. The lowest BCUT2D eigenvalue weighted by molar-refractivity contribution is 0.102. The number of hydrogen-bond donors (Lipinski definition) is 3. The Bertz CT molecular complexity index is 879. The van der Waals surface area contributed by atoms with Crippen LogP contribution >= 0.6 is 0 Å². The number of carbonyl (C=O) groups excluding carboxylic acids is 2. The van der Waals surface area contributed by atoms with E-state index in [1.807, 2.05) is 19.1 Å². The molecule has 3 amide bonds. The molecule has 1 aromatic carbocycles. The Morgan fingerprint density at radius 3 is 2.46 bits per heavy atom. The lowest BCUT2D eigenvalue weighted by Gasteiger charge is -2.15. The van der Waals surface area contributed by atoms with Crippen LogP contribution in [0.15, 0.2) is 71.8 Å². The molecule has 0 saturated heterocycles. The molecule has 26 heavy (non-hydrogen) atoms. The number of rotatable bonds is 5. The number of amides is 3. The number of carbonyl (C=O) groups is 2. The van der Waals surface area contributed by atoms with Gasteiger partial charge >= 0.3 is 6.03 Å². The van der Waals surface area contributed by atoms with Gasteiger partial charge in [-0.05, 0) is 48.9 Å². The summed E-state index contributed by atoms with van der Waals surface area (Å²) in [7, 11) is 0. The normalized spacial score (nSPS) is 11.4. The van der Waals surface area contributed by atoms with Gasteiger partial charge in [0.15, 0.2) is 0 Å². The average Bonchev–Trinajstić information content (AvgIpc) is 3.17. The fourth-order valence-corrected chi connectivity index (χ4v) is 2.37. The van der Waals surface area contributed by atoms with Crippen LogP contribution in [-0.4, -0.2) is 16.9 Å². The smallest absolute Gasteiger partial charge is 0.319 e. The highest BCUT2D eigenvalue weighted by Gasteiger charge is 2.11. The summed E-state index contributed by atoms with van der Waals surface area (Å²) >= 11 is 0. The third-order valence-corrected chi connectivity index (χ3v) is 3.72. The topological polar surface area (TPSA) is 96.3 Å². The quantitative estimate of drug-likeness (QED) is 0.652. The fraction of sp³-hybridized carbons (Fsp3) is 0.105. The van der Waals surface area contributed by atoms with Crippen LogP contribution in [0.25, 0.3) is 0 Å². The molecule has 3 N–H and O–H groups in total. The SMILES string of the molecule is CC(NC(=O)Nc1cccc(NC(=O)c2ccoc2)c1)c1ccncc1. The van der Waals surface area contributed by atoms with Gasteiger partial charge in [-0.2, -0.15) is 0 Å². The van der Waals surface area contributed by atoms with E-state index in [1.54, 1.807) is 42.7 Å². The molecule has 1 unspecified atom stereocenters. The van der Waals surface area contributed by atoms with Crippen LogP contribution in [0.5, 0.6) is 0 Å². The van der Waals surface area contributed by atoms with E-state index in [-0.39, 0.29) is 18.0 Å². The lowest BCUT2D eigenvalue weighted by atomic mass is 10.1. The zero-order chi connectivity index (χ0) is 18.4. The Labute approximate surface area is 150 Å². The predicted molar refractivity (Wildman–Crippen MR) is 97.9 cm³/mol. The summed E-state index contributed by atoms with van der Waals surface area (Å²) < 4.78 is 4.89. The van der Waals surface area contributed by atoms with Gasteiger partial charge in [-0.25, -0.2) is 4.79 Å². The fourth-order valence-electron chi connectivity index (χ4n) is 2.37. The van der Waals surface area contributed by atoms with E-state index in [0.717, 1.165) is 5.56 Å². The number of nitrogens with zero attached hydrogens (tertiary/aromatic N) is 1.